The highest BCUT2D eigenvalue weighted by Gasteiger charge is 2.39. The first kappa shape index (κ1) is 24.6. The van der Waals surface area contributed by atoms with Crippen LogP contribution in [0, 0.1) is 0 Å². The smallest absolute Gasteiger partial charge is 0.244 e. The van der Waals surface area contributed by atoms with Crippen LogP contribution >= 0.6 is 0 Å². The maximum absolute atomic E-state index is 13.6. The van der Waals surface area contributed by atoms with E-state index in [0.29, 0.717) is 18.8 Å². The van der Waals surface area contributed by atoms with Crippen molar-refractivity contribution < 1.29 is 21.6 Å². The summed E-state index contributed by atoms with van der Waals surface area (Å²) >= 11 is 0. The number of nitrogens with one attached hydrogen (secondary N) is 1. The Balaban J connectivity index is 1.45. The number of fused-ring (bicyclic) bond motifs is 1. The molecule has 2 aliphatic heterocycles. The number of sulfonamides is 2. The van der Waals surface area contributed by atoms with Crippen molar-refractivity contribution in [3.05, 3.63) is 90.0 Å². The summed E-state index contributed by atoms with van der Waals surface area (Å²) in [5, 5.41) is 2.77. The van der Waals surface area contributed by atoms with Crippen molar-refractivity contribution in [3.8, 4) is 0 Å². The summed E-state index contributed by atoms with van der Waals surface area (Å²) in [5.41, 5.74) is 2.05. The first-order valence-electron chi connectivity index (χ1n) is 11.8. The Hall–Kier alpha value is -3.05. The van der Waals surface area contributed by atoms with Gasteiger partial charge in [-0.1, -0.05) is 48.5 Å². The van der Waals surface area contributed by atoms with Crippen LogP contribution in [0.4, 0.5) is 5.69 Å². The van der Waals surface area contributed by atoms with Crippen LogP contribution in [0.25, 0.3) is 0 Å². The monoisotopic (exact) mass is 525 g/mol. The van der Waals surface area contributed by atoms with Crippen molar-refractivity contribution in [2.75, 3.05) is 18.4 Å². The van der Waals surface area contributed by atoms with Gasteiger partial charge >= 0.3 is 0 Å². The van der Waals surface area contributed by atoms with E-state index in [1.807, 2.05) is 24.3 Å². The van der Waals surface area contributed by atoms with E-state index in [-0.39, 0.29) is 22.8 Å². The van der Waals surface area contributed by atoms with Crippen molar-refractivity contribution in [1.29, 1.82) is 0 Å². The number of carbonyl (C=O) groups excluding carboxylic acids is 1. The van der Waals surface area contributed by atoms with Gasteiger partial charge in [0.15, 0.2) is 0 Å². The van der Waals surface area contributed by atoms with Crippen LogP contribution in [0.1, 0.15) is 24.0 Å². The molecular formula is C26H27N3O5S2. The van der Waals surface area contributed by atoms with Crippen molar-refractivity contribution in [3.63, 3.8) is 0 Å². The van der Waals surface area contributed by atoms with E-state index in [4.69, 9.17) is 0 Å². The SMILES string of the molecule is O=C(Nc1cccc(S(=O)(=O)N2CCCC2)c1)[C@@H]1Cc2ccccc2CN1S(=O)(=O)c1ccccc1. The third-order valence-electron chi connectivity index (χ3n) is 6.66. The first-order chi connectivity index (χ1) is 17.3. The molecule has 8 nitrogen and oxygen atoms in total. The third-order valence-corrected chi connectivity index (χ3v) is 10.4. The standard InChI is InChI=1S/C26H27N3O5S2/c30-26(27-22-11-8-14-24(18-22)35(31,32)28-15-6-7-16-28)25-17-20-9-4-5-10-21(20)19-29(25)36(33,34)23-12-2-1-3-13-23/h1-5,8-14,18,25H,6-7,15-17,19H2,(H,27,30)/t25-/m0/s1. The summed E-state index contributed by atoms with van der Waals surface area (Å²) in [6, 6.07) is 20.6. The number of rotatable bonds is 6. The van der Waals surface area contributed by atoms with Crippen molar-refractivity contribution in [2.45, 2.75) is 41.6 Å². The zero-order valence-electron chi connectivity index (χ0n) is 19.6. The van der Waals surface area contributed by atoms with E-state index in [1.165, 1.54) is 32.9 Å². The molecule has 5 rings (SSSR count). The average molecular weight is 526 g/mol. The topological polar surface area (TPSA) is 104 Å². The quantitative estimate of drug-likeness (QED) is 0.532. The number of carbonyl (C=O) groups is 1. The molecule has 1 saturated heterocycles. The maximum Gasteiger partial charge on any atom is 0.244 e. The third kappa shape index (κ3) is 4.69. The number of nitrogens with zero attached hydrogens (tertiary/aromatic N) is 2. The normalized spacial score (nSPS) is 19.1. The van der Waals surface area contributed by atoms with Gasteiger partial charge in [0.05, 0.1) is 9.79 Å². The molecule has 2 aliphatic rings. The highest BCUT2D eigenvalue weighted by Crippen LogP contribution is 2.30. The lowest BCUT2D eigenvalue weighted by atomic mass is 9.95. The number of hydrogen-bond acceptors (Lipinski definition) is 5. The molecule has 0 radical (unpaired) electrons. The summed E-state index contributed by atoms with van der Waals surface area (Å²) < 4.78 is 55.7. The summed E-state index contributed by atoms with van der Waals surface area (Å²) in [4.78, 5) is 13.7. The molecule has 1 fully saturated rings. The largest absolute Gasteiger partial charge is 0.325 e. The zero-order chi connectivity index (χ0) is 25.3. The fourth-order valence-corrected chi connectivity index (χ4v) is 7.89. The fourth-order valence-electron chi connectivity index (χ4n) is 4.74. The van der Waals surface area contributed by atoms with Crippen LogP contribution < -0.4 is 5.32 Å². The predicted octanol–water partition coefficient (Wildman–Crippen LogP) is 3.23. The molecule has 2 heterocycles. The Morgan fingerprint density at radius 2 is 1.39 bits per heavy atom. The molecule has 0 aromatic heterocycles. The Bertz CT molecular complexity index is 1480. The summed E-state index contributed by atoms with van der Waals surface area (Å²) in [6.07, 6.45) is 1.86. The highest BCUT2D eigenvalue weighted by atomic mass is 32.2. The summed E-state index contributed by atoms with van der Waals surface area (Å²) in [7, 11) is -7.62. The Morgan fingerprint density at radius 1 is 0.750 bits per heavy atom. The van der Waals surface area contributed by atoms with Gasteiger partial charge in [0.1, 0.15) is 6.04 Å². The van der Waals surface area contributed by atoms with E-state index in [2.05, 4.69) is 5.32 Å². The van der Waals surface area contributed by atoms with Crippen LogP contribution in [-0.2, 0) is 37.8 Å². The molecule has 0 spiro atoms. The number of benzene rings is 3. The van der Waals surface area contributed by atoms with Gasteiger partial charge in [-0.25, -0.2) is 16.8 Å². The fraction of sp³-hybridized carbons (Fsp3) is 0.269. The molecule has 0 bridgehead atoms. The number of anilines is 1. The van der Waals surface area contributed by atoms with E-state index >= 15 is 0 Å². The molecule has 0 unspecified atom stereocenters. The predicted molar refractivity (Wildman–Crippen MR) is 136 cm³/mol. The van der Waals surface area contributed by atoms with Crippen LogP contribution in [0.3, 0.4) is 0 Å². The van der Waals surface area contributed by atoms with Gasteiger partial charge in [0, 0.05) is 25.3 Å². The molecule has 0 aliphatic carbocycles. The van der Waals surface area contributed by atoms with Gasteiger partial charge in [0.2, 0.25) is 26.0 Å². The highest BCUT2D eigenvalue weighted by molar-refractivity contribution is 7.89. The molecule has 0 saturated carbocycles. The van der Waals surface area contributed by atoms with Crippen molar-refractivity contribution in [1.82, 2.24) is 8.61 Å². The maximum atomic E-state index is 13.6. The van der Waals surface area contributed by atoms with E-state index in [1.54, 1.807) is 30.3 Å². The van der Waals surface area contributed by atoms with Gasteiger partial charge in [-0.15, -0.1) is 0 Å². The Labute approximate surface area is 211 Å². The molecule has 1 N–H and O–H groups in total. The van der Waals surface area contributed by atoms with E-state index in [0.717, 1.165) is 24.0 Å². The summed E-state index contributed by atoms with van der Waals surface area (Å²) in [5.74, 6) is -0.514. The van der Waals surface area contributed by atoms with Crippen LogP contribution in [0.15, 0.2) is 88.7 Å². The van der Waals surface area contributed by atoms with Gasteiger partial charge in [-0.05, 0) is 60.7 Å². The molecular weight excluding hydrogens is 498 g/mol. The van der Waals surface area contributed by atoms with Crippen LogP contribution in [-0.4, -0.2) is 50.5 Å². The van der Waals surface area contributed by atoms with Crippen LogP contribution in [0.2, 0.25) is 0 Å². The second-order valence-electron chi connectivity index (χ2n) is 8.98. The number of amides is 1. The molecule has 1 atom stereocenters. The van der Waals surface area contributed by atoms with Gasteiger partial charge < -0.3 is 5.32 Å². The minimum absolute atomic E-state index is 0.0644. The lowest BCUT2D eigenvalue weighted by molar-refractivity contribution is -0.120. The second-order valence-corrected chi connectivity index (χ2v) is 12.8. The zero-order valence-corrected chi connectivity index (χ0v) is 21.2. The minimum Gasteiger partial charge on any atom is -0.325 e. The summed E-state index contributed by atoms with van der Waals surface area (Å²) in [6.45, 7) is 1.02. The Morgan fingerprint density at radius 3 is 2.11 bits per heavy atom. The average Bonchev–Trinajstić information content (AvgIpc) is 3.45. The molecule has 10 heteroatoms. The lowest BCUT2D eigenvalue weighted by Crippen LogP contribution is -2.50. The minimum atomic E-state index is -3.96. The van der Waals surface area contributed by atoms with Crippen LogP contribution in [0.5, 0.6) is 0 Å². The van der Waals surface area contributed by atoms with Crippen molar-refractivity contribution in [2.24, 2.45) is 0 Å². The van der Waals surface area contributed by atoms with E-state index < -0.39 is 32.0 Å². The molecule has 1 amide bonds. The molecule has 3 aromatic rings. The number of hydrogen-bond donors (Lipinski definition) is 1. The van der Waals surface area contributed by atoms with Gasteiger partial charge in [0.25, 0.3) is 0 Å². The second kappa shape index (κ2) is 9.78. The molecule has 188 valence electrons. The molecule has 36 heavy (non-hydrogen) atoms. The Kier molecular flexibility index (Phi) is 6.69. The van der Waals surface area contributed by atoms with Gasteiger partial charge in [-0.2, -0.15) is 8.61 Å². The van der Waals surface area contributed by atoms with E-state index in [9.17, 15) is 21.6 Å². The van der Waals surface area contributed by atoms with Gasteiger partial charge in [-0.3, -0.25) is 4.79 Å². The van der Waals surface area contributed by atoms with Crippen molar-refractivity contribution >= 4 is 31.6 Å². The lowest BCUT2D eigenvalue weighted by Gasteiger charge is -2.35. The molecule has 3 aromatic carbocycles. The first-order valence-corrected chi connectivity index (χ1v) is 14.7.